The van der Waals surface area contributed by atoms with Crippen molar-refractivity contribution in [3.63, 3.8) is 0 Å². The van der Waals surface area contributed by atoms with Gasteiger partial charge in [-0.25, -0.2) is 4.79 Å². The Bertz CT molecular complexity index is 312. The second-order valence-corrected chi connectivity index (χ2v) is 6.16. The maximum absolute atomic E-state index is 12.2. The molecule has 1 N–H and O–H groups in total. The lowest BCUT2D eigenvalue weighted by molar-refractivity contribution is -0.141. The van der Waals surface area contributed by atoms with E-state index in [9.17, 15) is 9.59 Å². The summed E-state index contributed by atoms with van der Waals surface area (Å²) in [5.41, 5.74) is 0. The SMILES string of the molecule is CCC1CN(C(=O)N(C)CC(C)C(=O)O)CCS1. The van der Waals surface area contributed by atoms with Crippen LogP contribution in [0.3, 0.4) is 0 Å². The molecule has 0 aromatic heterocycles. The van der Waals surface area contributed by atoms with Crippen molar-refractivity contribution in [2.24, 2.45) is 5.92 Å². The molecule has 1 saturated heterocycles. The van der Waals surface area contributed by atoms with E-state index in [4.69, 9.17) is 5.11 Å². The molecule has 5 nitrogen and oxygen atoms in total. The monoisotopic (exact) mass is 274 g/mol. The van der Waals surface area contributed by atoms with Crippen molar-refractivity contribution in [2.45, 2.75) is 25.5 Å². The number of thioether (sulfide) groups is 1. The van der Waals surface area contributed by atoms with Crippen LogP contribution >= 0.6 is 11.8 Å². The summed E-state index contributed by atoms with van der Waals surface area (Å²) in [4.78, 5) is 26.3. The van der Waals surface area contributed by atoms with Gasteiger partial charge in [-0.05, 0) is 6.42 Å². The summed E-state index contributed by atoms with van der Waals surface area (Å²) in [5.74, 6) is -0.428. The zero-order valence-electron chi connectivity index (χ0n) is 11.3. The van der Waals surface area contributed by atoms with Crippen LogP contribution in [0.5, 0.6) is 0 Å². The van der Waals surface area contributed by atoms with E-state index in [2.05, 4.69) is 6.92 Å². The van der Waals surface area contributed by atoms with Crippen LogP contribution in [-0.4, -0.2) is 64.6 Å². The first kappa shape index (κ1) is 15.1. The van der Waals surface area contributed by atoms with Crippen LogP contribution in [0.4, 0.5) is 4.79 Å². The minimum atomic E-state index is -0.865. The second kappa shape index (κ2) is 6.87. The van der Waals surface area contributed by atoms with Gasteiger partial charge >= 0.3 is 12.0 Å². The normalized spacial score (nSPS) is 21.5. The van der Waals surface area contributed by atoms with Crippen LogP contribution in [0.15, 0.2) is 0 Å². The number of rotatable bonds is 4. The van der Waals surface area contributed by atoms with Gasteiger partial charge < -0.3 is 14.9 Å². The van der Waals surface area contributed by atoms with Crippen LogP contribution in [0.25, 0.3) is 0 Å². The molecule has 2 atom stereocenters. The largest absolute Gasteiger partial charge is 0.481 e. The highest BCUT2D eigenvalue weighted by atomic mass is 32.2. The fourth-order valence-corrected chi connectivity index (χ4v) is 3.13. The van der Waals surface area contributed by atoms with Crippen LogP contribution in [0, 0.1) is 5.92 Å². The van der Waals surface area contributed by atoms with Crippen molar-refractivity contribution in [1.82, 2.24) is 9.80 Å². The second-order valence-electron chi connectivity index (χ2n) is 4.75. The first-order valence-electron chi connectivity index (χ1n) is 6.30. The zero-order chi connectivity index (χ0) is 13.7. The van der Waals surface area contributed by atoms with Crippen molar-refractivity contribution in [3.05, 3.63) is 0 Å². The molecule has 18 heavy (non-hydrogen) atoms. The molecule has 0 bridgehead atoms. The van der Waals surface area contributed by atoms with Gasteiger partial charge in [-0.1, -0.05) is 13.8 Å². The molecule has 1 aliphatic heterocycles. The first-order chi connectivity index (χ1) is 8.45. The summed E-state index contributed by atoms with van der Waals surface area (Å²) in [6, 6.07) is -0.0538. The number of carbonyl (C=O) groups excluding carboxylic acids is 1. The molecule has 0 aliphatic carbocycles. The minimum Gasteiger partial charge on any atom is -0.481 e. The minimum absolute atomic E-state index is 0.0538. The lowest BCUT2D eigenvalue weighted by Crippen LogP contribution is -2.48. The summed E-state index contributed by atoms with van der Waals surface area (Å²) in [6.45, 7) is 5.53. The summed E-state index contributed by atoms with van der Waals surface area (Å²) in [5, 5.41) is 9.36. The van der Waals surface area contributed by atoms with Gasteiger partial charge in [-0.2, -0.15) is 11.8 Å². The van der Waals surface area contributed by atoms with E-state index in [1.54, 1.807) is 14.0 Å². The zero-order valence-corrected chi connectivity index (χ0v) is 12.1. The third-order valence-corrected chi connectivity index (χ3v) is 4.53. The van der Waals surface area contributed by atoms with E-state index >= 15 is 0 Å². The Balaban J connectivity index is 2.50. The van der Waals surface area contributed by atoms with Crippen molar-refractivity contribution < 1.29 is 14.7 Å². The van der Waals surface area contributed by atoms with Crippen LogP contribution in [0.2, 0.25) is 0 Å². The van der Waals surface area contributed by atoms with Crippen molar-refractivity contribution in [3.8, 4) is 0 Å². The Kier molecular flexibility index (Phi) is 5.78. The number of carboxylic acid groups (broad SMARTS) is 1. The molecule has 0 aromatic rings. The molecule has 0 saturated carbocycles. The Labute approximate surface area is 113 Å². The lowest BCUT2D eigenvalue weighted by Gasteiger charge is -2.35. The molecule has 0 radical (unpaired) electrons. The van der Waals surface area contributed by atoms with Crippen LogP contribution < -0.4 is 0 Å². The number of urea groups is 1. The molecule has 104 valence electrons. The smallest absolute Gasteiger partial charge is 0.319 e. The Morgan fingerprint density at radius 2 is 2.22 bits per heavy atom. The van der Waals surface area contributed by atoms with Gasteiger partial charge in [0.05, 0.1) is 5.92 Å². The summed E-state index contributed by atoms with van der Waals surface area (Å²) in [7, 11) is 1.67. The highest BCUT2D eigenvalue weighted by molar-refractivity contribution is 8.00. The fourth-order valence-electron chi connectivity index (χ4n) is 1.95. The van der Waals surface area contributed by atoms with Gasteiger partial charge in [-0.3, -0.25) is 4.79 Å². The van der Waals surface area contributed by atoms with Gasteiger partial charge in [0.2, 0.25) is 0 Å². The van der Waals surface area contributed by atoms with E-state index in [0.717, 1.165) is 25.3 Å². The number of carbonyl (C=O) groups is 2. The molecule has 0 aromatic carbocycles. The van der Waals surface area contributed by atoms with E-state index in [-0.39, 0.29) is 12.6 Å². The topological polar surface area (TPSA) is 60.9 Å². The number of nitrogens with zero attached hydrogens (tertiary/aromatic N) is 2. The highest BCUT2D eigenvalue weighted by Crippen LogP contribution is 2.21. The Hall–Kier alpha value is -0.910. The van der Waals surface area contributed by atoms with Gasteiger partial charge in [-0.15, -0.1) is 0 Å². The molecule has 1 rings (SSSR count). The van der Waals surface area contributed by atoms with E-state index in [0.29, 0.717) is 5.25 Å². The maximum Gasteiger partial charge on any atom is 0.319 e. The number of amides is 2. The Morgan fingerprint density at radius 1 is 1.56 bits per heavy atom. The van der Waals surface area contributed by atoms with Crippen LogP contribution in [-0.2, 0) is 4.79 Å². The summed E-state index contributed by atoms with van der Waals surface area (Å²) < 4.78 is 0. The molecule has 6 heteroatoms. The third kappa shape index (κ3) is 4.08. The average molecular weight is 274 g/mol. The third-order valence-electron chi connectivity index (χ3n) is 3.16. The molecule has 0 spiro atoms. The molecule has 1 heterocycles. The molecule has 2 unspecified atom stereocenters. The lowest BCUT2D eigenvalue weighted by atomic mass is 10.2. The van der Waals surface area contributed by atoms with Gasteiger partial charge in [0.1, 0.15) is 0 Å². The summed E-state index contributed by atoms with van der Waals surface area (Å²) >= 11 is 1.91. The molecular formula is C12H22N2O3S. The van der Waals surface area contributed by atoms with E-state index in [1.807, 2.05) is 16.7 Å². The Morgan fingerprint density at radius 3 is 2.78 bits per heavy atom. The van der Waals surface area contributed by atoms with E-state index in [1.165, 1.54) is 4.90 Å². The average Bonchev–Trinajstić information content (AvgIpc) is 2.37. The first-order valence-corrected chi connectivity index (χ1v) is 7.35. The number of hydrogen-bond acceptors (Lipinski definition) is 3. The molecule has 1 aliphatic rings. The van der Waals surface area contributed by atoms with Gasteiger partial charge in [0, 0.05) is 37.7 Å². The molecular weight excluding hydrogens is 252 g/mol. The number of aliphatic carboxylic acids is 1. The van der Waals surface area contributed by atoms with E-state index < -0.39 is 11.9 Å². The predicted octanol–water partition coefficient (Wildman–Crippen LogP) is 1.59. The van der Waals surface area contributed by atoms with Crippen LogP contribution in [0.1, 0.15) is 20.3 Å². The highest BCUT2D eigenvalue weighted by Gasteiger charge is 2.26. The van der Waals surface area contributed by atoms with Gasteiger partial charge in [0.15, 0.2) is 0 Å². The molecule has 2 amide bonds. The maximum atomic E-state index is 12.2. The predicted molar refractivity (Wildman–Crippen MR) is 72.9 cm³/mol. The van der Waals surface area contributed by atoms with Crippen molar-refractivity contribution in [2.75, 3.05) is 32.4 Å². The van der Waals surface area contributed by atoms with Crippen molar-refractivity contribution in [1.29, 1.82) is 0 Å². The number of carboxylic acids is 1. The standard InChI is InChI=1S/C12H22N2O3S/c1-4-10-8-14(5-6-18-10)12(17)13(3)7-9(2)11(15)16/h9-10H,4-8H2,1-3H3,(H,15,16). The quantitative estimate of drug-likeness (QED) is 0.845. The molecule has 1 fully saturated rings. The van der Waals surface area contributed by atoms with Crippen molar-refractivity contribution >= 4 is 23.8 Å². The van der Waals surface area contributed by atoms with Gasteiger partial charge in [0.25, 0.3) is 0 Å². The summed E-state index contributed by atoms with van der Waals surface area (Å²) in [6.07, 6.45) is 1.06. The fraction of sp³-hybridized carbons (Fsp3) is 0.833. The number of hydrogen-bond donors (Lipinski definition) is 1.